The van der Waals surface area contributed by atoms with Gasteiger partial charge in [-0.25, -0.2) is 0 Å². The average Bonchev–Trinajstić information content (AvgIpc) is 2.54. The first-order valence-electron chi connectivity index (χ1n) is 6.61. The van der Waals surface area contributed by atoms with Crippen molar-refractivity contribution < 1.29 is 14.5 Å². The van der Waals surface area contributed by atoms with E-state index in [1.165, 1.54) is 25.3 Å². The van der Waals surface area contributed by atoms with Gasteiger partial charge in [-0.2, -0.15) is 0 Å². The Bertz CT molecular complexity index is 813. The van der Waals surface area contributed by atoms with Gasteiger partial charge in [-0.3, -0.25) is 20.2 Å². The fourth-order valence-corrected chi connectivity index (χ4v) is 2.71. The van der Waals surface area contributed by atoms with E-state index in [2.05, 4.69) is 10.6 Å². The predicted molar refractivity (Wildman–Crippen MR) is 102 cm³/mol. The number of anilines is 1. The summed E-state index contributed by atoms with van der Waals surface area (Å²) in [6.45, 7) is 0. The first-order valence-corrected chi connectivity index (χ1v) is 8.10. The first kappa shape index (κ1) is 18.1. The van der Waals surface area contributed by atoms with Crippen LogP contribution >= 0.6 is 34.8 Å². The van der Waals surface area contributed by atoms with Crippen LogP contribution in [0, 0.1) is 13.7 Å². The number of carbonyl (C=O) groups excluding carboxylic acids is 1. The molecule has 0 heterocycles. The number of halogens is 1. The topological polar surface area (TPSA) is 93.5 Å². The Morgan fingerprint density at radius 2 is 2.00 bits per heavy atom. The van der Waals surface area contributed by atoms with E-state index >= 15 is 0 Å². The van der Waals surface area contributed by atoms with Crippen LogP contribution in [0.3, 0.4) is 0 Å². The number of methoxy groups -OCH3 is 1. The Balaban J connectivity index is 2.15. The average molecular weight is 457 g/mol. The molecule has 0 aliphatic heterocycles. The van der Waals surface area contributed by atoms with Crippen LogP contribution in [0.4, 0.5) is 11.4 Å². The van der Waals surface area contributed by atoms with E-state index in [0.717, 1.165) is 3.57 Å². The molecule has 0 aromatic heterocycles. The largest absolute Gasteiger partial charge is 0.495 e. The summed E-state index contributed by atoms with van der Waals surface area (Å²) in [5.41, 5.74) is 0.651. The monoisotopic (exact) mass is 457 g/mol. The van der Waals surface area contributed by atoms with Crippen LogP contribution in [0.25, 0.3) is 0 Å². The van der Waals surface area contributed by atoms with E-state index < -0.39 is 4.92 Å². The lowest BCUT2D eigenvalue weighted by molar-refractivity contribution is -0.384. The number of thiocarbonyl (C=S) groups is 1. The highest BCUT2D eigenvalue weighted by Gasteiger charge is 2.15. The summed E-state index contributed by atoms with van der Waals surface area (Å²) in [4.78, 5) is 22.6. The van der Waals surface area contributed by atoms with Crippen LogP contribution in [-0.2, 0) is 0 Å². The van der Waals surface area contributed by atoms with Gasteiger partial charge in [0.05, 0.1) is 23.3 Å². The number of amides is 1. The van der Waals surface area contributed by atoms with Crippen molar-refractivity contribution in [2.24, 2.45) is 0 Å². The Kier molecular flexibility index (Phi) is 6.04. The summed E-state index contributed by atoms with van der Waals surface area (Å²) in [6.07, 6.45) is 0. The molecule has 24 heavy (non-hydrogen) atoms. The predicted octanol–water partition coefficient (Wildman–Crippen LogP) is 3.33. The molecular formula is C15H12IN3O4S. The Hall–Kier alpha value is -2.27. The van der Waals surface area contributed by atoms with Gasteiger partial charge in [0, 0.05) is 15.7 Å². The second kappa shape index (κ2) is 8.02. The SMILES string of the molecule is COc1ccc([N+](=O)[O-])cc1NC(=S)NC(=O)c1ccccc1I. The van der Waals surface area contributed by atoms with E-state index in [4.69, 9.17) is 17.0 Å². The number of nitrogens with zero attached hydrogens (tertiary/aromatic N) is 1. The third kappa shape index (κ3) is 4.38. The summed E-state index contributed by atoms with van der Waals surface area (Å²) in [7, 11) is 1.43. The lowest BCUT2D eigenvalue weighted by atomic mass is 10.2. The summed E-state index contributed by atoms with van der Waals surface area (Å²) < 4.78 is 5.91. The molecule has 2 N–H and O–H groups in total. The third-order valence-corrected chi connectivity index (χ3v) is 4.13. The Morgan fingerprint density at radius 3 is 2.62 bits per heavy atom. The van der Waals surface area contributed by atoms with Gasteiger partial charge in [-0.15, -0.1) is 0 Å². The number of non-ortho nitro benzene ring substituents is 1. The lowest BCUT2D eigenvalue weighted by Crippen LogP contribution is -2.34. The third-order valence-electron chi connectivity index (χ3n) is 2.99. The smallest absolute Gasteiger partial charge is 0.271 e. The standard InChI is InChI=1S/C15H12IN3O4S/c1-23-13-7-6-9(19(21)22)8-12(13)17-15(24)18-14(20)10-4-2-3-5-11(10)16/h2-8H,1H3,(H2,17,18,20,24). The van der Waals surface area contributed by atoms with Gasteiger partial charge in [-0.1, -0.05) is 12.1 Å². The lowest BCUT2D eigenvalue weighted by Gasteiger charge is -2.13. The van der Waals surface area contributed by atoms with E-state index in [1.807, 2.05) is 28.7 Å². The molecule has 0 radical (unpaired) electrons. The molecule has 0 spiro atoms. The molecule has 7 nitrogen and oxygen atoms in total. The van der Waals surface area contributed by atoms with Crippen LogP contribution in [0.5, 0.6) is 5.75 Å². The van der Waals surface area contributed by atoms with Crippen molar-refractivity contribution in [3.05, 3.63) is 61.7 Å². The zero-order valence-electron chi connectivity index (χ0n) is 12.4. The highest BCUT2D eigenvalue weighted by molar-refractivity contribution is 14.1. The number of benzene rings is 2. The second-order valence-electron chi connectivity index (χ2n) is 4.53. The van der Waals surface area contributed by atoms with Gasteiger partial charge in [0.15, 0.2) is 5.11 Å². The number of nitro groups is 1. The number of nitrogens with one attached hydrogen (secondary N) is 2. The van der Waals surface area contributed by atoms with Crippen molar-refractivity contribution >= 4 is 57.2 Å². The molecule has 0 saturated carbocycles. The van der Waals surface area contributed by atoms with E-state index in [0.29, 0.717) is 17.0 Å². The molecule has 0 fully saturated rings. The molecule has 0 atom stereocenters. The van der Waals surface area contributed by atoms with E-state index in [1.54, 1.807) is 18.2 Å². The maximum absolute atomic E-state index is 12.2. The minimum atomic E-state index is -0.529. The molecule has 124 valence electrons. The highest BCUT2D eigenvalue weighted by Crippen LogP contribution is 2.28. The molecular weight excluding hydrogens is 445 g/mol. The molecule has 2 aromatic carbocycles. The van der Waals surface area contributed by atoms with Crippen LogP contribution in [0.15, 0.2) is 42.5 Å². The summed E-state index contributed by atoms with van der Waals surface area (Å²) >= 11 is 7.15. The van der Waals surface area contributed by atoms with Gasteiger partial charge in [-0.05, 0) is 53.0 Å². The van der Waals surface area contributed by atoms with Crippen molar-refractivity contribution in [3.8, 4) is 5.75 Å². The van der Waals surface area contributed by atoms with E-state index in [9.17, 15) is 14.9 Å². The summed E-state index contributed by atoms with van der Waals surface area (Å²) in [5, 5.41) is 16.2. The van der Waals surface area contributed by atoms with Crippen molar-refractivity contribution in [2.45, 2.75) is 0 Å². The molecule has 0 bridgehead atoms. The number of rotatable bonds is 4. The molecule has 0 saturated heterocycles. The van der Waals surface area contributed by atoms with Gasteiger partial charge < -0.3 is 10.1 Å². The molecule has 2 aromatic rings. The fourth-order valence-electron chi connectivity index (χ4n) is 1.88. The molecule has 0 aliphatic carbocycles. The van der Waals surface area contributed by atoms with Gasteiger partial charge in [0.25, 0.3) is 11.6 Å². The van der Waals surface area contributed by atoms with Crippen LogP contribution in [0.1, 0.15) is 10.4 Å². The number of hydrogen-bond donors (Lipinski definition) is 2. The Labute approximate surface area is 156 Å². The molecule has 2 rings (SSSR count). The Morgan fingerprint density at radius 1 is 1.29 bits per heavy atom. The minimum Gasteiger partial charge on any atom is -0.495 e. The second-order valence-corrected chi connectivity index (χ2v) is 6.10. The summed E-state index contributed by atoms with van der Waals surface area (Å²) in [5.74, 6) is -0.00612. The highest BCUT2D eigenvalue weighted by atomic mass is 127. The maximum atomic E-state index is 12.2. The fraction of sp³-hybridized carbons (Fsp3) is 0.0667. The van der Waals surface area contributed by atoms with Gasteiger partial charge >= 0.3 is 0 Å². The molecule has 1 amide bonds. The van der Waals surface area contributed by atoms with Crippen LogP contribution < -0.4 is 15.4 Å². The maximum Gasteiger partial charge on any atom is 0.271 e. The van der Waals surface area contributed by atoms with Gasteiger partial charge in [0.1, 0.15) is 5.75 Å². The normalized spacial score (nSPS) is 9.92. The molecule has 0 aliphatic rings. The van der Waals surface area contributed by atoms with Crippen LogP contribution in [-0.4, -0.2) is 23.1 Å². The van der Waals surface area contributed by atoms with Gasteiger partial charge in [0.2, 0.25) is 0 Å². The first-order chi connectivity index (χ1) is 11.4. The zero-order valence-corrected chi connectivity index (χ0v) is 15.4. The number of ether oxygens (including phenoxy) is 1. The molecule has 0 unspecified atom stereocenters. The minimum absolute atomic E-state index is 0.0125. The number of carbonyl (C=O) groups is 1. The summed E-state index contributed by atoms with van der Waals surface area (Å²) in [6, 6.07) is 11.1. The van der Waals surface area contributed by atoms with Crippen molar-refractivity contribution in [3.63, 3.8) is 0 Å². The van der Waals surface area contributed by atoms with Crippen molar-refractivity contribution in [2.75, 3.05) is 12.4 Å². The number of nitro benzene ring substituents is 1. The van der Waals surface area contributed by atoms with Crippen molar-refractivity contribution in [1.82, 2.24) is 5.32 Å². The number of hydrogen-bond acceptors (Lipinski definition) is 5. The quantitative estimate of drug-likeness (QED) is 0.317. The van der Waals surface area contributed by atoms with Crippen molar-refractivity contribution in [1.29, 1.82) is 0 Å². The van der Waals surface area contributed by atoms with E-state index in [-0.39, 0.29) is 16.7 Å². The zero-order chi connectivity index (χ0) is 17.7. The van der Waals surface area contributed by atoms with Crippen LogP contribution in [0.2, 0.25) is 0 Å². The molecule has 9 heteroatoms.